The molecule has 0 bridgehead atoms. The Kier molecular flexibility index (Phi) is 6.50. The number of imidazole rings is 1. The summed E-state index contributed by atoms with van der Waals surface area (Å²) in [7, 11) is -1.13. The molecule has 2 aliphatic heterocycles. The zero-order valence-corrected chi connectivity index (χ0v) is 18.7. The minimum absolute atomic E-state index is 0.0000914. The van der Waals surface area contributed by atoms with Crippen molar-refractivity contribution in [3.8, 4) is 11.3 Å². The van der Waals surface area contributed by atoms with Gasteiger partial charge in [-0.2, -0.15) is 0 Å². The van der Waals surface area contributed by atoms with Crippen molar-refractivity contribution in [2.75, 3.05) is 30.4 Å². The Bertz CT molecular complexity index is 985. The Labute approximate surface area is 181 Å². The first-order valence-corrected chi connectivity index (χ1v) is 13.0. The molecule has 1 aromatic heterocycles. The summed E-state index contributed by atoms with van der Waals surface area (Å²) in [6, 6.07) is 9.74. The number of hydrogen-bond donors (Lipinski definition) is 0. The molecule has 2 aliphatic rings. The largest absolute Gasteiger partial charge is 0.376 e. The molecule has 2 saturated heterocycles. The van der Waals surface area contributed by atoms with Gasteiger partial charge in [0, 0.05) is 26.2 Å². The second-order valence-electron chi connectivity index (χ2n) is 7.88. The SMILES string of the molecule is Cn1c(-c2ccccc2)cnc1SCC(=O)N(C[C@H]1CCCO1)[C@@H]1CCS(=O)(=O)C1. The standard InChI is InChI=1S/C21H27N3O4S2/c1-23-19(16-6-3-2-4-7-16)12-22-21(23)29-14-20(25)24(13-18-8-5-10-28-18)17-9-11-30(26,27)15-17/h2-4,6-7,12,17-18H,5,8-11,13-15H2,1H3/t17-,18-/m1/s1. The molecule has 0 N–H and O–H groups in total. The fraction of sp³-hybridized carbons (Fsp3) is 0.524. The lowest BCUT2D eigenvalue weighted by atomic mass is 10.1. The maximum atomic E-state index is 13.1. The van der Waals surface area contributed by atoms with E-state index in [-0.39, 0.29) is 35.3 Å². The molecule has 0 spiro atoms. The van der Waals surface area contributed by atoms with Gasteiger partial charge in [0.05, 0.1) is 35.3 Å². The van der Waals surface area contributed by atoms with Gasteiger partial charge in [-0.3, -0.25) is 4.79 Å². The molecule has 3 heterocycles. The minimum Gasteiger partial charge on any atom is -0.376 e. The molecular weight excluding hydrogens is 422 g/mol. The van der Waals surface area contributed by atoms with E-state index in [2.05, 4.69) is 4.98 Å². The summed E-state index contributed by atoms with van der Waals surface area (Å²) in [5, 5.41) is 0.762. The molecule has 162 valence electrons. The number of hydrogen-bond acceptors (Lipinski definition) is 6. The Balaban J connectivity index is 1.44. The number of carbonyl (C=O) groups is 1. The molecule has 0 radical (unpaired) electrons. The average molecular weight is 450 g/mol. The minimum atomic E-state index is -3.07. The molecule has 9 heteroatoms. The monoisotopic (exact) mass is 449 g/mol. The molecule has 7 nitrogen and oxygen atoms in total. The van der Waals surface area contributed by atoms with E-state index in [1.807, 2.05) is 48.1 Å². The van der Waals surface area contributed by atoms with Crippen LogP contribution in [0.3, 0.4) is 0 Å². The highest BCUT2D eigenvalue weighted by atomic mass is 32.2. The molecule has 0 aliphatic carbocycles. The lowest BCUT2D eigenvalue weighted by Gasteiger charge is -2.30. The summed E-state index contributed by atoms with van der Waals surface area (Å²) >= 11 is 1.39. The van der Waals surface area contributed by atoms with Crippen LogP contribution in [0, 0.1) is 0 Å². The summed E-state index contributed by atoms with van der Waals surface area (Å²) in [6.07, 6.45) is 4.22. The van der Waals surface area contributed by atoms with E-state index >= 15 is 0 Å². The molecule has 2 fully saturated rings. The fourth-order valence-corrected chi connectivity index (χ4v) is 6.66. The van der Waals surface area contributed by atoms with Crippen LogP contribution in [0.2, 0.25) is 0 Å². The number of amides is 1. The predicted octanol–water partition coefficient (Wildman–Crippen LogP) is 2.37. The predicted molar refractivity (Wildman–Crippen MR) is 117 cm³/mol. The number of sulfone groups is 1. The zero-order valence-electron chi connectivity index (χ0n) is 17.1. The van der Waals surface area contributed by atoms with Crippen LogP contribution in [0.15, 0.2) is 41.7 Å². The molecule has 2 aromatic rings. The van der Waals surface area contributed by atoms with Crippen molar-refractivity contribution >= 4 is 27.5 Å². The summed E-state index contributed by atoms with van der Waals surface area (Å²) in [5.74, 6) is 0.376. The van der Waals surface area contributed by atoms with E-state index < -0.39 is 9.84 Å². The summed E-state index contributed by atoms with van der Waals surface area (Å²) in [6.45, 7) is 1.18. The van der Waals surface area contributed by atoms with Crippen LogP contribution >= 0.6 is 11.8 Å². The number of rotatable bonds is 7. The van der Waals surface area contributed by atoms with Crippen molar-refractivity contribution in [2.24, 2.45) is 7.05 Å². The van der Waals surface area contributed by atoms with E-state index in [0.29, 0.717) is 19.6 Å². The van der Waals surface area contributed by atoms with Crippen molar-refractivity contribution < 1.29 is 17.9 Å². The summed E-state index contributed by atoms with van der Waals surface area (Å²) in [4.78, 5) is 19.3. The lowest BCUT2D eigenvalue weighted by Crippen LogP contribution is -2.46. The smallest absolute Gasteiger partial charge is 0.233 e. The number of carbonyl (C=O) groups excluding carboxylic acids is 1. The Morgan fingerprint density at radius 3 is 2.77 bits per heavy atom. The maximum absolute atomic E-state index is 13.1. The fourth-order valence-electron chi connectivity index (χ4n) is 4.10. The normalized spacial score (nSPS) is 23.0. The molecule has 30 heavy (non-hydrogen) atoms. The van der Waals surface area contributed by atoms with Gasteiger partial charge >= 0.3 is 0 Å². The number of thioether (sulfide) groups is 1. The highest BCUT2D eigenvalue weighted by Crippen LogP contribution is 2.26. The van der Waals surface area contributed by atoms with E-state index in [0.717, 1.165) is 29.3 Å². The first kappa shape index (κ1) is 21.4. The molecule has 2 atom stereocenters. The number of nitrogens with zero attached hydrogens (tertiary/aromatic N) is 3. The third-order valence-electron chi connectivity index (χ3n) is 5.73. The number of ether oxygens (including phenoxy) is 1. The highest BCUT2D eigenvalue weighted by molar-refractivity contribution is 7.99. The van der Waals surface area contributed by atoms with Gasteiger partial charge in [-0.1, -0.05) is 42.1 Å². The van der Waals surface area contributed by atoms with E-state index in [9.17, 15) is 13.2 Å². The number of aromatic nitrogens is 2. The maximum Gasteiger partial charge on any atom is 0.233 e. The van der Waals surface area contributed by atoms with Gasteiger partial charge in [0.1, 0.15) is 0 Å². The molecule has 1 aromatic carbocycles. The lowest BCUT2D eigenvalue weighted by molar-refractivity contribution is -0.131. The molecular formula is C21H27N3O4S2. The van der Waals surface area contributed by atoms with Crippen LogP contribution in [0.5, 0.6) is 0 Å². The van der Waals surface area contributed by atoms with Crippen LogP contribution in [0.1, 0.15) is 19.3 Å². The van der Waals surface area contributed by atoms with Gasteiger partial charge in [0.2, 0.25) is 5.91 Å². The van der Waals surface area contributed by atoms with Gasteiger partial charge in [-0.05, 0) is 24.8 Å². The second kappa shape index (κ2) is 9.11. The van der Waals surface area contributed by atoms with Crippen LogP contribution < -0.4 is 0 Å². The van der Waals surface area contributed by atoms with Crippen LogP contribution in [0.25, 0.3) is 11.3 Å². The van der Waals surface area contributed by atoms with E-state index in [1.165, 1.54) is 11.8 Å². The van der Waals surface area contributed by atoms with Crippen molar-refractivity contribution in [1.82, 2.24) is 14.5 Å². The second-order valence-corrected chi connectivity index (χ2v) is 11.0. The van der Waals surface area contributed by atoms with Gasteiger partial charge in [-0.15, -0.1) is 0 Å². The van der Waals surface area contributed by atoms with Crippen molar-refractivity contribution in [1.29, 1.82) is 0 Å². The van der Waals surface area contributed by atoms with Crippen molar-refractivity contribution in [2.45, 2.75) is 36.6 Å². The quantitative estimate of drug-likeness (QED) is 0.604. The number of benzene rings is 1. The first-order chi connectivity index (χ1) is 14.4. The summed E-state index contributed by atoms with van der Waals surface area (Å²) in [5.41, 5.74) is 2.06. The highest BCUT2D eigenvalue weighted by Gasteiger charge is 2.36. The van der Waals surface area contributed by atoms with Gasteiger partial charge in [0.25, 0.3) is 0 Å². The third kappa shape index (κ3) is 4.90. The Morgan fingerprint density at radius 2 is 2.10 bits per heavy atom. The average Bonchev–Trinajstić information content (AvgIpc) is 3.45. The van der Waals surface area contributed by atoms with Crippen molar-refractivity contribution in [3.05, 3.63) is 36.5 Å². The Morgan fingerprint density at radius 1 is 1.30 bits per heavy atom. The molecule has 0 saturated carbocycles. The van der Waals surface area contributed by atoms with E-state index in [1.54, 1.807) is 4.90 Å². The zero-order chi connectivity index (χ0) is 21.1. The van der Waals surface area contributed by atoms with Gasteiger partial charge < -0.3 is 14.2 Å². The van der Waals surface area contributed by atoms with Crippen LogP contribution in [-0.4, -0.2) is 71.3 Å². The molecule has 4 rings (SSSR count). The molecule has 0 unspecified atom stereocenters. The van der Waals surface area contributed by atoms with Gasteiger partial charge in [0.15, 0.2) is 15.0 Å². The van der Waals surface area contributed by atoms with Crippen molar-refractivity contribution in [3.63, 3.8) is 0 Å². The van der Waals surface area contributed by atoms with Gasteiger partial charge in [-0.25, -0.2) is 13.4 Å². The van der Waals surface area contributed by atoms with Crippen LogP contribution in [0.4, 0.5) is 0 Å². The topological polar surface area (TPSA) is 81.5 Å². The molecule has 1 amide bonds. The third-order valence-corrected chi connectivity index (χ3v) is 8.51. The van der Waals surface area contributed by atoms with Crippen LogP contribution in [-0.2, 0) is 26.4 Å². The summed E-state index contributed by atoms with van der Waals surface area (Å²) < 4.78 is 31.7. The Hall–Kier alpha value is -1.84. The first-order valence-electron chi connectivity index (χ1n) is 10.2. The van der Waals surface area contributed by atoms with E-state index in [4.69, 9.17) is 4.74 Å².